The number of ether oxygens (including phenoxy) is 2. The fraction of sp³-hybridized carbons (Fsp3) is 0.0312. The van der Waals surface area contributed by atoms with Gasteiger partial charge in [0.15, 0.2) is 5.78 Å². The number of carbonyl (C=O) groups excluding carboxylic acids is 1. The van der Waals surface area contributed by atoms with Crippen LogP contribution >= 0.6 is 23.2 Å². The number of aromatic nitrogens is 6. The molecule has 6 aromatic rings. The lowest BCUT2D eigenvalue weighted by molar-refractivity contribution is 0.103. The zero-order valence-electron chi connectivity index (χ0n) is 23.1. The van der Waals surface area contributed by atoms with E-state index in [9.17, 15) is 4.79 Å². The van der Waals surface area contributed by atoms with E-state index in [1.807, 2.05) is 48.5 Å². The molecule has 220 valence electrons. The van der Waals surface area contributed by atoms with Gasteiger partial charge >= 0.3 is 12.0 Å². The van der Waals surface area contributed by atoms with Crippen molar-refractivity contribution in [3.05, 3.63) is 130 Å². The van der Waals surface area contributed by atoms with Crippen molar-refractivity contribution in [2.45, 2.75) is 6.42 Å². The van der Waals surface area contributed by atoms with Gasteiger partial charge in [-0.25, -0.2) is 0 Å². The minimum atomic E-state index is -0.192. The van der Waals surface area contributed by atoms with Gasteiger partial charge in [-0.1, -0.05) is 24.3 Å². The van der Waals surface area contributed by atoms with E-state index >= 15 is 0 Å². The number of ketones is 1. The Bertz CT molecular complexity index is 1860. The minimum absolute atomic E-state index is 0.00136. The number of rotatable bonds is 0. The van der Waals surface area contributed by atoms with Gasteiger partial charge in [0.25, 0.3) is 0 Å². The molecule has 0 radical (unpaired) electrons. The lowest BCUT2D eigenvalue weighted by Crippen LogP contribution is -2.03. The Morgan fingerprint density at radius 3 is 1.31 bits per heavy atom. The van der Waals surface area contributed by atoms with Gasteiger partial charge < -0.3 is 20.1 Å². The van der Waals surface area contributed by atoms with Crippen LogP contribution in [0.3, 0.4) is 0 Å². The molecular weight excluding hydrogens is 615 g/mol. The topological polar surface area (TPSA) is 137 Å². The first-order valence-corrected chi connectivity index (χ1v) is 14.3. The molecule has 7 aliphatic heterocycles. The molecule has 9 heterocycles. The maximum Gasteiger partial charge on any atom is 0.328 e. The number of hydrogen-bond donors (Lipinski definition) is 2. The van der Waals surface area contributed by atoms with Crippen molar-refractivity contribution in [2.24, 2.45) is 0 Å². The first-order chi connectivity index (χ1) is 21.9. The van der Waals surface area contributed by atoms with Crippen LogP contribution in [0, 0.1) is 0 Å². The summed E-state index contributed by atoms with van der Waals surface area (Å²) in [6.45, 7) is 0. The summed E-state index contributed by atoms with van der Waals surface area (Å²) in [5.74, 6) is 1.08. The molecule has 0 unspecified atom stereocenters. The molecule has 2 N–H and O–H groups in total. The lowest BCUT2D eigenvalue weighted by atomic mass is 10.0. The average molecular weight is 635 g/mol. The van der Waals surface area contributed by atoms with Crippen molar-refractivity contribution in [1.82, 2.24) is 29.9 Å². The maximum absolute atomic E-state index is 13.1. The van der Waals surface area contributed by atoms with Crippen LogP contribution in [-0.2, 0) is 6.42 Å². The number of hydrogen-bond acceptors (Lipinski definition) is 11. The number of carbonyl (C=O) groups is 1. The predicted molar refractivity (Wildman–Crippen MR) is 168 cm³/mol. The Morgan fingerprint density at radius 1 is 0.511 bits per heavy atom. The van der Waals surface area contributed by atoms with E-state index in [1.54, 1.807) is 48.5 Å². The van der Waals surface area contributed by atoms with Gasteiger partial charge in [0.05, 0.1) is 0 Å². The summed E-state index contributed by atoms with van der Waals surface area (Å²) in [4.78, 5) is 38.3. The third kappa shape index (κ3) is 6.80. The summed E-state index contributed by atoms with van der Waals surface area (Å²) in [5.41, 5.74) is 4.64. The van der Waals surface area contributed by atoms with Crippen molar-refractivity contribution in [1.29, 1.82) is 0 Å². The highest BCUT2D eigenvalue weighted by Gasteiger charge is 2.13. The summed E-state index contributed by atoms with van der Waals surface area (Å²) in [7, 11) is 0. The highest BCUT2D eigenvalue weighted by molar-refractivity contribution is 6.28. The van der Waals surface area contributed by atoms with E-state index in [4.69, 9.17) is 32.7 Å². The van der Waals surface area contributed by atoms with Crippen molar-refractivity contribution in [3.8, 4) is 23.5 Å². The van der Waals surface area contributed by atoms with Crippen molar-refractivity contribution in [2.75, 3.05) is 10.6 Å². The Hall–Kier alpha value is -5.65. The van der Waals surface area contributed by atoms with Crippen molar-refractivity contribution < 1.29 is 14.3 Å². The summed E-state index contributed by atoms with van der Waals surface area (Å²) in [6.07, 6.45) is 0.717. The van der Waals surface area contributed by atoms with Gasteiger partial charge in [0, 0.05) is 22.5 Å². The van der Waals surface area contributed by atoms with Crippen molar-refractivity contribution >= 4 is 52.3 Å². The van der Waals surface area contributed by atoms with E-state index in [-0.39, 0.29) is 40.3 Å². The molecule has 13 heteroatoms. The number of nitrogens with one attached hydrogen (secondary N) is 2. The predicted octanol–water partition coefficient (Wildman–Crippen LogP) is 7.57. The molecule has 0 spiro atoms. The second-order valence-corrected chi connectivity index (χ2v) is 10.5. The van der Waals surface area contributed by atoms with Gasteiger partial charge in [-0.15, -0.1) is 0 Å². The SMILES string of the molecule is O=C1c2ccc(cc2)Oc2nc(Cl)nc(n2)Nc2ccc(cc2)Cc2ccc(cc2)Nc2nc(Cl)nc(n2)Oc2ccc1cc2. The van der Waals surface area contributed by atoms with Crippen LogP contribution in [-0.4, -0.2) is 35.7 Å². The standard InChI is InChI=1S/C32H20Cl2N8O3/c33-27-37-29-35-22-9-1-18(2-10-22)17-19-3-11-23(12-4-19)36-30-38-28(34)40-32(42-30)45-25-15-7-21(8-16-25)26(43)20-5-13-24(14-6-20)44-31(39-27)41-29/h1-16H,17H2,(H,35,37,39,41)(H,36,38,40,42). The van der Waals surface area contributed by atoms with Gasteiger partial charge in [-0.2, -0.15) is 29.9 Å². The monoisotopic (exact) mass is 634 g/mol. The number of halogens is 2. The first kappa shape index (κ1) is 28.1. The molecule has 45 heavy (non-hydrogen) atoms. The second kappa shape index (κ2) is 12.2. The fourth-order valence-corrected chi connectivity index (χ4v) is 4.80. The minimum Gasteiger partial charge on any atom is -0.424 e. The van der Waals surface area contributed by atoms with E-state index in [1.165, 1.54) is 0 Å². The Balaban J connectivity index is 1.21. The largest absolute Gasteiger partial charge is 0.424 e. The van der Waals surface area contributed by atoms with Crippen LogP contribution in [0.1, 0.15) is 27.0 Å². The highest BCUT2D eigenvalue weighted by atomic mass is 35.5. The van der Waals surface area contributed by atoms with Crippen molar-refractivity contribution in [3.63, 3.8) is 0 Å². The quantitative estimate of drug-likeness (QED) is 0.171. The van der Waals surface area contributed by atoms with E-state index in [2.05, 4.69) is 40.5 Å². The van der Waals surface area contributed by atoms with E-state index < -0.39 is 0 Å². The molecular formula is C32H20Cl2N8O3. The Kier molecular flexibility index (Phi) is 7.60. The van der Waals surface area contributed by atoms with Crippen LogP contribution in [0.25, 0.3) is 0 Å². The molecule has 0 aliphatic carbocycles. The fourth-order valence-electron chi connectivity index (χ4n) is 4.50. The summed E-state index contributed by atoms with van der Waals surface area (Å²) >= 11 is 12.3. The Labute approximate surface area is 266 Å². The summed E-state index contributed by atoms with van der Waals surface area (Å²) < 4.78 is 11.6. The van der Waals surface area contributed by atoms with Gasteiger partial charge in [0.2, 0.25) is 22.5 Å². The average Bonchev–Trinajstić information content (AvgIpc) is 3.02. The van der Waals surface area contributed by atoms with Crippen LogP contribution in [0.2, 0.25) is 10.6 Å². The third-order valence-corrected chi connectivity index (χ3v) is 6.99. The molecule has 0 saturated heterocycles. The van der Waals surface area contributed by atoms with Crippen LogP contribution < -0.4 is 20.1 Å². The molecule has 0 fully saturated rings. The van der Waals surface area contributed by atoms with Crippen LogP contribution in [0.15, 0.2) is 97.1 Å². The van der Waals surface area contributed by atoms with E-state index in [0.29, 0.717) is 22.6 Å². The normalized spacial score (nSPS) is 12.4. The molecule has 7 aliphatic rings. The molecule has 0 saturated carbocycles. The van der Waals surface area contributed by atoms with Gasteiger partial charge in [0.1, 0.15) is 11.5 Å². The van der Waals surface area contributed by atoms with Crippen LogP contribution in [0.4, 0.5) is 23.3 Å². The molecule has 0 amide bonds. The number of nitrogens with zero attached hydrogens (tertiary/aromatic N) is 6. The molecule has 13 rings (SSSR count). The lowest BCUT2D eigenvalue weighted by Gasteiger charge is -2.10. The highest BCUT2D eigenvalue weighted by Crippen LogP contribution is 2.26. The second-order valence-electron chi connectivity index (χ2n) is 9.82. The molecule has 11 nitrogen and oxygen atoms in total. The molecule has 4 aromatic carbocycles. The maximum atomic E-state index is 13.1. The molecule has 0 atom stereocenters. The number of benzene rings is 4. The van der Waals surface area contributed by atoms with Gasteiger partial charge in [-0.05, 0) is 114 Å². The third-order valence-electron chi connectivity index (χ3n) is 6.65. The number of anilines is 4. The molecule has 2 aromatic heterocycles. The van der Waals surface area contributed by atoms with Gasteiger partial charge in [-0.3, -0.25) is 4.79 Å². The summed E-state index contributed by atoms with van der Waals surface area (Å²) in [6, 6.07) is 28.9. The zero-order chi connectivity index (χ0) is 30.8. The van der Waals surface area contributed by atoms with E-state index in [0.717, 1.165) is 28.9 Å². The Morgan fingerprint density at radius 2 is 0.911 bits per heavy atom. The zero-order valence-corrected chi connectivity index (χ0v) is 24.6. The molecule has 12 bridgehead atoms. The summed E-state index contributed by atoms with van der Waals surface area (Å²) in [5, 5.41) is 6.20. The smallest absolute Gasteiger partial charge is 0.328 e. The van der Waals surface area contributed by atoms with Crippen LogP contribution in [0.5, 0.6) is 23.5 Å². The first-order valence-electron chi connectivity index (χ1n) is 13.6.